The Morgan fingerprint density at radius 1 is 0.964 bits per heavy atom. The van der Waals surface area contributed by atoms with Gasteiger partial charge in [-0.2, -0.15) is 0 Å². The van der Waals surface area contributed by atoms with Crippen LogP contribution in [0.15, 0.2) is 72.5 Å². The average molecular weight is 408 g/mol. The van der Waals surface area contributed by atoms with Gasteiger partial charge in [0.05, 0.1) is 5.69 Å². The second-order valence-corrected chi connectivity index (χ2v) is 7.04. The number of nitrogens with zero attached hydrogens (tertiary/aromatic N) is 3. The predicted molar refractivity (Wildman–Crippen MR) is 112 cm³/mol. The molecule has 0 fully saturated rings. The third-order valence-electron chi connectivity index (χ3n) is 3.86. The Kier molecular flexibility index (Phi) is 5.27. The SMILES string of the molecule is O=C(Nc1ccc(Nc2nc(-c3ccncc3)cs2)cc1)c1ccnc(Cl)c1. The summed E-state index contributed by atoms with van der Waals surface area (Å²) in [5.41, 5.74) is 3.93. The Bertz CT molecular complexity index is 1100. The number of rotatable bonds is 5. The summed E-state index contributed by atoms with van der Waals surface area (Å²) in [6.07, 6.45) is 4.99. The summed E-state index contributed by atoms with van der Waals surface area (Å²) in [7, 11) is 0. The number of pyridine rings is 2. The van der Waals surface area contributed by atoms with Crippen LogP contribution >= 0.6 is 22.9 Å². The Hall–Kier alpha value is -3.29. The van der Waals surface area contributed by atoms with E-state index in [0.717, 1.165) is 22.1 Å². The van der Waals surface area contributed by atoms with Gasteiger partial charge >= 0.3 is 0 Å². The summed E-state index contributed by atoms with van der Waals surface area (Å²) < 4.78 is 0. The van der Waals surface area contributed by atoms with Gasteiger partial charge in [-0.1, -0.05) is 11.6 Å². The zero-order chi connectivity index (χ0) is 19.3. The molecule has 138 valence electrons. The van der Waals surface area contributed by atoms with Crippen molar-refractivity contribution in [2.75, 3.05) is 10.6 Å². The first-order valence-corrected chi connectivity index (χ1v) is 9.59. The Morgan fingerprint density at radius 2 is 1.71 bits per heavy atom. The van der Waals surface area contributed by atoms with Gasteiger partial charge in [0.15, 0.2) is 5.13 Å². The lowest BCUT2D eigenvalue weighted by molar-refractivity contribution is 0.102. The molecule has 4 rings (SSSR count). The van der Waals surface area contributed by atoms with E-state index < -0.39 is 0 Å². The Balaban J connectivity index is 1.41. The smallest absolute Gasteiger partial charge is 0.255 e. The molecule has 0 radical (unpaired) electrons. The molecule has 3 aromatic heterocycles. The molecule has 0 atom stereocenters. The van der Waals surface area contributed by atoms with Gasteiger partial charge in [0, 0.05) is 46.5 Å². The van der Waals surface area contributed by atoms with E-state index in [9.17, 15) is 4.79 Å². The van der Waals surface area contributed by atoms with Crippen molar-refractivity contribution < 1.29 is 4.79 Å². The van der Waals surface area contributed by atoms with Crippen LogP contribution < -0.4 is 10.6 Å². The van der Waals surface area contributed by atoms with Crippen LogP contribution in [0.1, 0.15) is 10.4 Å². The van der Waals surface area contributed by atoms with Gasteiger partial charge in [0.2, 0.25) is 0 Å². The number of anilines is 3. The minimum absolute atomic E-state index is 0.244. The third kappa shape index (κ3) is 4.33. The molecule has 0 bridgehead atoms. The van der Waals surface area contributed by atoms with E-state index in [2.05, 4.69) is 25.6 Å². The fourth-order valence-corrected chi connectivity index (χ4v) is 3.41. The summed E-state index contributed by atoms with van der Waals surface area (Å²) in [6, 6.07) is 14.4. The topological polar surface area (TPSA) is 79.8 Å². The number of carbonyl (C=O) groups excluding carboxylic acids is 1. The molecule has 0 aliphatic heterocycles. The number of hydrogen-bond acceptors (Lipinski definition) is 6. The molecule has 4 aromatic rings. The summed E-state index contributed by atoms with van der Waals surface area (Å²) in [6.45, 7) is 0. The second-order valence-electron chi connectivity index (χ2n) is 5.80. The quantitative estimate of drug-likeness (QED) is 0.442. The molecule has 3 heterocycles. The van der Waals surface area contributed by atoms with Crippen molar-refractivity contribution in [3.05, 3.63) is 83.2 Å². The van der Waals surface area contributed by atoms with Gasteiger partial charge in [-0.05, 0) is 48.5 Å². The lowest BCUT2D eigenvalue weighted by Gasteiger charge is -2.07. The van der Waals surface area contributed by atoms with E-state index >= 15 is 0 Å². The van der Waals surface area contributed by atoms with E-state index in [1.165, 1.54) is 23.6 Å². The zero-order valence-corrected chi connectivity index (χ0v) is 16.0. The molecule has 28 heavy (non-hydrogen) atoms. The molecule has 0 unspecified atom stereocenters. The highest BCUT2D eigenvalue weighted by molar-refractivity contribution is 7.14. The van der Waals surface area contributed by atoms with Crippen LogP contribution in [0, 0.1) is 0 Å². The maximum absolute atomic E-state index is 12.3. The molecule has 0 saturated carbocycles. The molecular weight excluding hydrogens is 394 g/mol. The summed E-state index contributed by atoms with van der Waals surface area (Å²) in [5, 5.41) is 9.16. The molecule has 0 aliphatic carbocycles. The lowest BCUT2D eigenvalue weighted by atomic mass is 10.2. The number of halogens is 1. The largest absolute Gasteiger partial charge is 0.332 e. The standard InChI is InChI=1S/C20H14ClN5OS/c21-18-11-14(7-10-23-18)19(27)24-15-1-3-16(4-2-15)25-20-26-17(12-28-20)13-5-8-22-9-6-13/h1-12H,(H,24,27)(H,25,26). The Labute approximate surface area is 170 Å². The summed E-state index contributed by atoms with van der Waals surface area (Å²) >= 11 is 7.35. The maximum Gasteiger partial charge on any atom is 0.255 e. The van der Waals surface area contributed by atoms with Crippen LogP contribution in [0.25, 0.3) is 11.3 Å². The first-order chi connectivity index (χ1) is 13.7. The van der Waals surface area contributed by atoms with Gasteiger partial charge in [0.1, 0.15) is 5.15 Å². The molecule has 0 aliphatic rings. The molecule has 6 nitrogen and oxygen atoms in total. The van der Waals surface area contributed by atoms with Crippen LogP contribution in [-0.2, 0) is 0 Å². The third-order valence-corrected chi connectivity index (χ3v) is 4.83. The highest BCUT2D eigenvalue weighted by Gasteiger charge is 2.08. The number of benzene rings is 1. The first kappa shape index (κ1) is 18.1. The van der Waals surface area contributed by atoms with E-state index in [0.29, 0.717) is 11.3 Å². The van der Waals surface area contributed by atoms with E-state index in [4.69, 9.17) is 11.6 Å². The molecule has 2 N–H and O–H groups in total. The lowest BCUT2D eigenvalue weighted by Crippen LogP contribution is -2.11. The normalized spacial score (nSPS) is 10.5. The summed E-state index contributed by atoms with van der Waals surface area (Å²) in [4.78, 5) is 24.7. The van der Waals surface area contributed by atoms with Crippen LogP contribution in [-0.4, -0.2) is 20.9 Å². The average Bonchev–Trinajstić information content (AvgIpc) is 3.19. The van der Waals surface area contributed by atoms with Crippen molar-refractivity contribution in [2.45, 2.75) is 0 Å². The fraction of sp³-hybridized carbons (Fsp3) is 0. The van der Waals surface area contributed by atoms with E-state index in [1.807, 2.05) is 41.8 Å². The predicted octanol–water partition coefficient (Wildman–Crippen LogP) is 5.25. The van der Waals surface area contributed by atoms with Crippen molar-refractivity contribution in [3.63, 3.8) is 0 Å². The van der Waals surface area contributed by atoms with Crippen molar-refractivity contribution in [1.29, 1.82) is 0 Å². The van der Waals surface area contributed by atoms with Crippen molar-refractivity contribution in [1.82, 2.24) is 15.0 Å². The number of hydrogen-bond donors (Lipinski definition) is 2. The minimum atomic E-state index is -0.244. The molecule has 1 amide bonds. The molecule has 0 spiro atoms. The van der Waals surface area contributed by atoms with Crippen LogP contribution in [0.3, 0.4) is 0 Å². The molecule has 1 aromatic carbocycles. The van der Waals surface area contributed by atoms with Crippen molar-refractivity contribution in [3.8, 4) is 11.3 Å². The molecule has 0 saturated heterocycles. The van der Waals surface area contributed by atoms with Gasteiger partial charge in [0.25, 0.3) is 5.91 Å². The summed E-state index contributed by atoms with van der Waals surface area (Å²) in [5.74, 6) is -0.244. The van der Waals surface area contributed by atoms with Gasteiger partial charge in [-0.15, -0.1) is 11.3 Å². The number of thiazole rings is 1. The van der Waals surface area contributed by atoms with Crippen LogP contribution in [0.5, 0.6) is 0 Å². The highest BCUT2D eigenvalue weighted by atomic mass is 35.5. The monoisotopic (exact) mass is 407 g/mol. The highest BCUT2D eigenvalue weighted by Crippen LogP contribution is 2.27. The zero-order valence-electron chi connectivity index (χ0n) is 14.5. The van der Waals surface area contributed by atoms with Crippen LogP contribution in [0.4, 0.5) is 16.5 Å². The second kappa shape index (κ2) is 8.16. The molecule has 8 heteroatoms. The van der Waals surface area contributed by atoms with E-state index in [-0.39, 0.29) is 11.1 Å². The van der Waals surface area contributed by atoms with Crippen LogP contribution in [0.2, 0.25) is 5.15 Å². The number of carbonyl (C=O) groups is 1. The van der Waals surface area contributed by atoms with Gasteiger partial charge < -0.3 is 10.6 Å². The molecular formula is C20H14ClN5OS. The minimum Gasteiger partial charge on any atom is -0.332 e. The van der Waals surface area contributed by atoms with Crippen molar-refractivity contribution >= 4 is 45.4 Å². The maximum atomic E-state index is 12.3. The fourth-order valence-electron chi connectivity index (χ4n) is 2.49. The number of amides is 1. The number of nitrogens with one attached hydrogen (secondary N) is 2. The first-order valence-electron chi connectivity index (χ1n) is 8.33. The van der Waals surface area contributed by atoms with Gasteiger partial charge in [-0.25, -0.2) is 9.97 Å². The van der Waals surface area contributed by atoms with Gasteiger partial charge in [-0.3, -0.25) is 9.78 Å². The van der Waals surface area contributed by atoms with Crippen molar-refractivity contribution in [2.24, 2.45) is 0 Å². The number of aromatic nitrogens is 3. The van der Waals surface area contributed by atoms with E-state index in [1.54, 1.807) is 18.5 Å². The Morgan fingerprint density at radius 3 is 2.46 bits per heavy atom.